The van der Waals surface area contributed by atoms with Crippen LogP contribution in [0.2, 0.25) is 0 Å². The Balaban J connectivity index is 2.10. The summed E-state index contributed by atoms with van der Waals surface area (Å²) in [6.07, 6.45) is 6.52. The third kappa shape index (κ3) is 2.98. The Hall–Kier alpha value is -0.940. The van der Waals surface area contributed by atoms with E-state index in [-0.39, 0.29) is 29.8 Å². The van der Waals surface area contributed by atoms with Crippen LogP contribution in [0.5, 0.6) is 0 Å². The van der Waals surface area contributed by atoms with Gasteiger partial charge in [0.25, 0.3) is 0 Å². The lowest BCUT2D eigenvalue weighted by Crippen LogP contribution is -2.56. The number of hydrogen-bond donors (Lipinski definition) is 1. The van der Waals surface area contributed by atoms with E-state index in [1.54, 1.807) is 7.11 Å². The Kier molecular flexibility index (Phi) is 4.58. The van der Waals surface area contributed by atoms with Gasteiger partial charge in [-0.3, -0.25) is 14.5 Å². The van der Waals surface area contributed by atoms with Gasteiger partial charge in [-0.25, -0.2) is 0 Å². The first-order valence-electron chi connectivity index (χ1n) is 7.16. The van der Waals surface area contributed by atoms with Gasteiger partial charge in [0, 0.05) is 26.5 Å². The maximum absolute atomic E-state index is 12.3. The molecular weight excluding hydrogens is 244 g/mol. The molecule has 1 saturated heterocycles. The lowest BCUT2D eigenvalue weighted by Gasteiger charge is -2.44. The monoisotopic (exact) mass is 268 g/mol. The molecule has 1 unspecified atom stereocenters. The number of rotatable bonds is 4. The van der Waals surface area contributed by atoms with Crippen molar-refractivity contribution in [2.45, 2.75) is 51.0 Å². The number of likely N-dealkylation sites (tertiary alicyclic amines) is 1. The van der Waals surface area contributed by atoms with E-state index in [9.17, 15) is 9.59 Å². The van der Waals surface area contributed by atoms with Crippen LogP contribution in [0.1, 0.15) is 44.9 Å². The molecule has 108 valence electrons. The van der Waals surface area contributed by atoms with Crippen molar-refractivity contribution in [3.63, 3.8) is 0 Å². The number of hydrogen-bond acceptors (Lipinski definition) is 4. The third-order valence-electron chi connectivity index (χ3n) is 4.50. The van der Waals surface area contributed by atoms with E-state index in [0.29, 0.717) is 19.4 Å². The van der Waals surface area contributed by atoms with Gasteiger partial charge < -0.3 is 10.5 Å². The lowest BCUT2D eigenvalue weighted by molar-refractivity contribution is -0.158. The molecule has 2 N–H and O–H groups in total. The van der Waals surface area contributed by atoms with Crippen LogP contribution in [0.25, 0.3) is 0 Å². The van der Waals surface area contributed by atoms with Gasteiger partial charge in [-0.05, 0) is 18.3 Å². The highest BCUT2D eigenvalue weighted by atomic mass is 16.5. The van der Waals surface area contributed by atoms with Crippen LogP contribution in [0.3, 0.4) is 0 Å². The molecule has 1 aliphatic carbocycles. The molecule has 0 aromatic rings. The van der Waals surface area contributed by atoms with Gasteiger partial charge in [0.15, 0.2) is 0 Å². The number of nitrogens with two attached hydrogens (primary N) is 1. The first-order valence-corrected chi connectivity index (χ1v) is 7.16. The minimum Gasteiger partial charge on any atom is -0.382 e. The van der Waals surface area contributed by atoms with Crippen molar-refractivity contribution in [1.82, 2.24) is 4.90 Å². The van der Waals surface area contributed by atoms with Crippen LogP contribution in [0, 0.1) is 5.41 Å². The number of methoxy groups -OCH3 is 1. The van der Waals surface area contributed by atoms with Crippen molar-refractivity contribution in [2.24, 2.45) is 11.1 Å². The molecule has 2 aliphatic rings. The standard InChI is InChI=1S/C14H24N2O3/c1-19-10-11(9-15)16-12(17)7-14(8-13(16)18)5-3-2-4-6-14/h11H,2-10,15H2,1H3. The summed E-state index contributed by atoms with van der Waals surface area (Å²) in [5.41, 5.74) is 5.60. The Morgan fingerprint density at radius 2 is 1.79 bits per heavy atom. The highest BCUT2D eigenvalue weighted by Crippen LogP contribution is 2.45. The first kappa shape index (κ1) is 14.5. The summed E-state index contributed by atoms with van der Waals surface area (Å²) in [5, 5.41) is 0. The SMILES string of the molecule is COCC(CN)N1C(=O)CC2(CCCCC2)CC1=O. The van der Waals surface area contributed by atoms with Gasteiger partial charge in [-0.1, -0.05) is 19.3 Å². The molecule has 19 heavy (non-hydrogen) atoms. The lowest BCUT2D eigenvalue weighted by atomic mass is 9.67. The molecule has 0 aromatic heterocycles. The summed E-state index contributed by atoms with van der Waals surface area (Å²) in [5.74, 6) is -0.128. The normalized spacial score (nSPS) is 24.8. The van der Waals surface area contributed by atoms with Crippen molar-refractivity contribution in [3.05, 3.63) is 0 Å². The maximum Gasteiger partial charge on any atom is 0.230 e. The van der Waals surface area contributed by atoms with Gasteiger partial charge in [0.05, 0.1) is 12.6 Å². The summed E-state index contributed by atoms with van der Waals surface area (Å²) >= 11 is 0. The summed E-state index contributed by atoms with van der Waals surface area (Å²) in [6.45, 7) is 0.583. The second kappa shape index (κ2) is 6.01. The van der Waals surface area contributed by atoms with Crippen LogP contribution in [0.15, 0.2) is 0 Å². The molecule has 0 radical (unpaired) electrons. The summed E-state index contributed by atoms with van der Waals surface area (Å²) in [7, 11) is 1.56. The van der Waals surface area contributed by atoms with Crippen molar-refractivity contribution in [3.8, 4) is 0 Å². The van der Waals surface area contributed by atoms with Crippen LogP contribution in [-0.4, -0.2) is 43.0 Å². The van der Waals surface area contributed by atoms with E-state index in [4.69, 9.17) is 10.5 Å². The number of piperidine rings is 1. The van der Waals surface area contributed by atoms with Crippen molar-refractivity contribution < 1.29 is 14.3 Å². The highest BCUT2D eigenvalue weighted by molar-refractivity contribution is 5.99. The van der Waals surface area contributed by atoms with Crippen LogP contribution in [-0.2, 0) is 14.3 Å². The first-order chi connectivity index (χ1) is 9.12. The van der Waals surface area contributed by atoms with E-state index < -0.39 is 0 Å². The zero-order chi connectivity index (χ0) is 13.9. The average molecular weight is 268 g/mol. The molecule has 5 nitrogen and oxygen atoms in total. The Bertz CT molecular complexity index is 331. The highest BCUT2D eigenvalue weighted by Gasteiger charge is 2.45. The molecule has 2 amide bonds. The van der Waals surface area contributed by atoms with Gasteiger partial charge in [-0.2, -0.15) is 0 Å². The molecule has 0 bridgehead atoms. The fraction of sp³-hybridized carbons (Fsp3) is 0.857. The molecule has 1 aliphatic heterocycles. The minimum absolute atomic E-state index is 0.0604. The van der Waals surface area contributed by atoms with Crippen molar-refractivity contribution in [1.29, 1.82) is 0 Å². The van der Waals surface area contributed by atoms with Crippen LogP contribution in [0.4, 0.5) is 0 Å². The number of nitrogens with zero attached hydrogens (tertiary/aromatic N) is 1. The number of amides is 2. The topological polar surface area (TPSA) is 72.6 Å². The summed E-state index contributed by atoms with van der Waals surface area (Å²) in [6, 6.07) is -0.314. The van der Waals surface area contributed by atoms with Gasteiger partial charge in [-0.15, -0.1) is 0 Å². The van der Waals surface area contributed by atoms with E-state index in [0.717, 1.165) is 25.7 Å². The van der Waals surface area contributed by atoms with E-state index in [1.165, 1.54) is 11.3 Å². The quantitative estimate of drug-likeness (QED) is 0.774. The Morgan fingerprint density at radius 1 is 1.21 bits per heavy atom. The molecule has 2 rings (SSSR count). The molecule has 5 heteroatoms. The third-order valence-corrected chi connectivity index (χ3v) is 4.50. The van der Waals surface area contributed by atoms with E-state index in [1.807, 2.05) is 0 Å². The zero-order valence-electron chi connectivity index (χ0n) is 11.7. The minimum atomic E-state index is -0.314. The van der Waals surface area contributed by atoms with Crippen molar-refractivity contribution in [2.75, 3.05) is 20.3 Å². The molecular formula is C14H24N2O3. The summed E-state index contributed by atoms with van der Waals surface area (Å²) in [4.78, 5) is 26.0. The zero-order valence-corrected chi connectivity index (χ0v) is 11.7. The number of carbonyl (C=O) groups is 2. The number of imide groups is 1. The molecule has 1 saturated carbocycles. The summed E-state index contributed by atoms with van der Waals surface area (Å²) < 4.78 is 5.06. The van der Waals surface area contributed by atoms with Crippen molar-refractivity contribution >= 4 is 11.8 Å². The second-order valence-corrected chi connectivity index (χ2v) is 5.92. The van der Waals surface area contributed by atoms with Gasteiger partial charge in [0.2, 0.25) is 11.8 Å². The molecule has 2 fully saturated rings. The van der Waals surface area contributed by atoms with Gasteiger partial charge in [0.1, 0.15) is 0 Å². The maximum atomic E-state index is 12.3. The molecule has 1 heterocycles. The van der Waals surface area contributed by atoms with Crippen LogP contribution >= 0.6 is 0 Å². The predicted octanol–water partition coefficient (Wildman–Crippen LogP) is 1.06. The average Bonchev–Trinajstić information content (AvgIpc) is 2.37. The number of carbonyl (C=O) groups excluding carboxylic acids is 2. The molecule has 0 aromatic carbocycles. The van der Waals surface area contributed by atoms with Crippen LogP contribution < -0.4 is 5.73 Å². The second-order valence-electron chi connectivity index (χ2n) is 5.92. The largest absolute Gasteiger partial charge is 0.382 e. The van der Waals surface area contributed by atoms with E-state index in [2.05, 4.69) is 0 Å². The fourth-order valence-electron chi connectivity index (χ4n) is 3.52. The fourth-order valence-corrected chi connectivity index (χ4v) is 3.52. The Labute approximate surface area is 114 Å². The Morgan fingerprint density at radius 3 is 2.26 bits per heavy atom. The molecule has 1 spiro atoms. The van der Waals surface area contributed by atoms with Gasteiger partial charge >= 0.3 is 0 Å². The molecule has 1 atom stereocenters. The predicted molar refractivity (Wildman–Crippen MR) is 71.3 cm³/mol. The smallest absolute Gasteiger partial charge is 0.230 e. The number of ether oxygens (including phenoxy) is 1. The van der Waals surface area contributed by atoms with E-state index >= 15 is 0 Å².